The van der Waals surface area contributed by atoms with Gasteiger partial charge in [0.2, 0.25) is 10.0 Å². The first-order valence-corrected chi connectivity index (χ1v) is 9.33. The van der Waals surface area contributed by atoms with Crippen molar-refractivity contribution >= 4 is 10.0 Å². The van der Waals surface area contributed by atoms with Crippen LogP contribution in [0.3, 0.4) is 0 Å². The van der Waals surface area contributed by atoms with Crippen molar-refractivity contribution < 1.29 is 13.2 Å². The van der Waals surface area contributed by atoms with E-state index in [1.165, 1.54) is 0 Å². The Hall–Kier alpha value is -1.11. The molecule has 5 nitrogen and oxygen atoms in total. The summed E-state index contributed by atoms with van der Waals surface area (Å²) in [5, 5.41) is 0. The third-order valence-corrected chi connectivity index (χ3v) is 5.43. The molecule has 3 N–H and O–H groups in total. The minimum Gasteiger partial charge on any atom is -0.491 e. The van der Waals surface area contributed by atoms with Crippen molar-refractivity contribution in [3.63, 3.8) is 0 Å². The molecule has 0 aromatic heterocycles. The summed E-state index contributed by atoms with van der Waals surface area (Å²) in [6.45, 7) is 5.73. The number of hydrogen-bond acceptors (Lipinski definition) is 4. The zero-order valence-corrected chi connectivity index (χ0v) is 14.3. The van der Waals surface area contributed by atoms with Crippen molar-refractivity contribution in [2.24, 2.45) is 5.73 Å². The Morgan fingerprint density at radius 2 is 1.95 bits per heavy atom. The van der Waals surface area contributed by atoms with Crippen molar-refractivity contribution in [3.05, 3.63) is 23.8 Å². The Kier molecular flexibility index (Phi) is 5.47. The van der Waals surface area contributed by atoms with Gasteiger partial charge in [-0.3, -0.25) is 0 Å². The molecule has 0 aliphatic heterocycles. The highest BCUT2D eigenvalue weighted by Crippen LogP contribution is 2.24. The lowest BCUT2D eigenvalue weighted by Crippen LogP contribution is -2.49. The standard InChI is InChI=1S/C16H26N2O3S/c1-11(2)21-16-9-8-13(10-12(16)3)22(19,20)18-15-7-5-4-6-14(15)17/h8-11,14-15,18H,4-7,17H2,1-3H3/t14-,15-/m1/s1. The van der Waals surface area contributed by atoms with Crippen LogP contribution >= 0.6 is 0 Å². The Labute approximate surface area is 133 Å². The van der Waals surface area contributed by atoms with Gasteiger partial charge in [0.15, 0.2) is 0 Å². The van der Waals surface area contributed by atoms with E-state index < -0.39 is 10.0 Å². The monoisotopic (exact) mass is 326 g/mol. The highest BCUT2D eigenvalue weighted by Gasteiger charge is 2.27. The van der Waals surface area contributed by atoms with Crippen LogP contribution in [0.4, 0.5) is 0 Å². The summed E-state index contributed by atoms with van der Waals surface area (Å²) < 4.78 is 33.4. The summed E-state index contributed by atoms with van der Waals surface area (Å²) in [5.41, 5.74) is 6.84. The van der Waals surface area contributed by atoms with Crippen molar-refractivity contribution in [3.8, 4) is 5.75 Å². The van der Waals surface area contributed by atoms with Crippen molar-refractivity contribution in [1.29, 1.82) is 0 Å². The predicted octanol–water partition coefficient (Wildman–Crippen LogP) is 2.33. The highest BCUT2D eigenvalue weighted by atomic mass is 32.2. The lowest BCUT2D eigenvalue weighted by Gasteiger charge is -2.29. The quantitative estimate of drug-likeness (QED) is 0.870. The lowest BCUT2D eigenvalue weighted by molar-refractivity contribution is 0.240. The smallest absolute Gasteiger partial charge is 0.240 e. The number of benzene rings is 1. The maximum absolute atomic E-state index is 12.5. The number of rotatable bonds is 5. The van der Waals surface area contributed by atoms with Crippen LogP contribution in [0, 0.1) is 6.92 Å². The zero-order chi connectivity index (χ0) is 16.3. The number of nitrogens with two attached hydrogens (primary N) is 1. The predicted molar refractivity (Wildman–Crippen MR) is 87.5 cm³/mol. The topological polar surface area (TPSA) is 81.4 Å². The van der Waals surface area contributed by atoms with Crippen LogP contribution in [0.25, 0.3) is 0 Å². The lowest BCUT2D eigenvalue weighted by atomic mass is 9.92. The van der Waals surface area contributed by atoms with E-state index in [1.807, 2.05) is 20.8 Å². The second-order valence-electron chi connectivity index (χ2n) is 6.27. The van der Waals surface area contributed by atoms with Gasteiger partial charge in [0.05, 0.1) is 11.0 Å². The van der Waals surface area contributed by atoms with Gasteiger partial charge >= 0.3 is 0 Å². The van der Waals surface area contributed by atoms with Crippen LogP contribution in [0.2, 0.25) is 0 Å². The molecule has 22 heavy (non-hydrogen) atoms. The van der Waals surface area contributed by atoms with Crippen LogP contribution in [-0.2, 0) is 10.0 Å². The number of aryl methyl sites for hydroxylation is 1. The third kappa shape index (κ3) is 4.21. The first-order valence-electron chi connectivity index (χ1n) is 7.85. The average Bonchev–Trinajstić information content (AvgIpc) is 2.43. The van der Waals surface area contributed by atoms with Crippen LogP contribution in [-0.4, -0.2) is 26.6 Å². The van der Waals surface area contributed by atoms with Crippen LogP contribution < -0.4 is 15.2 Å². The third-order valence-electron chi connectivity index (χ3n) is 3.95. The fraction of sp³-hybridized carbons (Fsp3) is 0.625. The largest absolute Gasteiger partial charge is 0.491 e. The summed E-state index contributed by atoms with van der Waals surface area (Å²) in [4.78, 5) is 0.263. The summed E-state index contributed by atoms with van der Waals surface area (Å²) in [6, 6.07) is 4.67. The Bertz CT molecular complexity index is 614. The number of hydrogen-bond donors (Lipinski definition) is 2. The molecule has 0 amide bonds. The van der Waals surface area contributed by atoms with Gasteiger partial charge < -0.3 is 10.5 Å². The second-order valence-corrected chi connectivity index (χ2v) is 7.98. The minimum atomic E-state index is -3.55. The molecule has 0 unspecified atom stereocenters. The Morgan fingerprint density at radius 3 is 2.55 bits per heavy atom. The Morgan fingerprint density at radius 1 is 1.27 bits per heavy atom. The molecule has 1 aromatic carbocycles. The van der Waals surface area contributed by atoms with Gasteiger partial charge in [-0.2, -0.15) is 0 Å². The van der Waals surface area contributed by atoms with Crippen molar-refractivity contribution in [2.75, 3.05) is 0 Å². The number of sulfonamides is 1. The van der Waals surface area contributed by atoms with Crippen LogP contribution in [0.5, 0.6) is 5.75 Å². The minimum absolute atomic E-state index is 0.0551. The molecule has 1 fully saturated rings. The molecule has 1 aliphatic rings. The molecule has 0 heterocycles. The molecule has 6 heteroatoms. The van der Waals surface area contributed by atoms with E-state index in [-0.39, 0.29) is 23.1 Å². The summed E-state index contributed by atoms with van der Waals surface area (Å²) in [5.74, 6) is 0.711. The maximum Gasteiger partial charge on any atom is 0.240 e. The van der Waals surface area contributed by atoms with Crippen LogP contribution in [0.1, 0.15) is 45.1 Å². The van der Waals surface area contributed by atoms with Gasteiger partial charge in [-0.25, -0.2) is 13.1 Å². The molecule has 124 valence electrons. The second kappa shape index (κ2) is 6.98. The fourth-order valence-corrected chi connectivity index (χ4v) is 4.15. The summed E-state index contributed by atoms with van der Waals surface area (Å²) in [6.07, 6.45) is 3.81. The van der Waals surface area contributed by atoms with Crippen LogP contribution in [0.15, 0.2) is 23.1 Å². The molecule has 2 rings (SSSR count). The van der Waals surface area contributed by atoms with Gasteiger partial charge in [-0.05, 0) is 57.4 Å². The molecule has 1 saturated carbocycles. The van der Waals surface area contributed by atoms with E-state index in [1.54, 1.807) is 18.2 Å². The van der Waals surface area contributed by atoms with E-state index >= 15 is 0 Å². The molecular formula is C16H26N2O3S. The molecule has 0 radical (unpaired) electrons. The molecule has 2 atom stereocenters. The summed E-state index contributed by atoms with van der Waals surface area (Å²) in [7, 11) is -3.55. The first kappa shape index (κ1) is 17.2. The molecular weight excluding hydrogens is 300 g/mol. The normalized spacial score (nSPS) is 22.8. The van der Waals surface area contributed by atoms with Gasteiger partial charge in [-0.1, -0.05) is 12.8 Å². The number of nitrogens with one attached hydrogen (secondary N) is 1. The highest BCUT2D eigenvalue weighted by molar-refractivity contribution is 7.89. The SMILES string of the molecule is Cc1cc(S(=O)(=O)N[C@@H]2CCCC[C@H]2N)ccc1OC(C)C. The van der Waals surface area contributed by atoms with Gasteiger partial charge in [0.1, 0.15) is 5.75 Å². The zero-order valence-electron chi connectivity index (χ0n) is 13.5. The first-order chi connectivity index (χ1) is 10.3. The molecule has 0 bridgehead atoms. The fourth-order valence-electron chi connectivity index (χ4n) is 2.75. The molecule has 0 saturated heterocycles. The molecule has 0 spiro atoms. The molecule has 1 aliphatic carbocycles. The van der Waals surface area contributed by atoms with Crippen molar-refractivity contribution in [1.82, 2.24) is 4.72 Å². The number of ether oxygens (including phenoxy) is 1. The Balaban J connectivity index is 2.17. The summed E-state index contributed by atoms with van der Waals surface area (Å²) >= 11 is 0. The van der Waals surface area contributed by atoms with E-state index in [2.05, 4.69) is 4.72 Å². The van der Waals surface area contributed by atoms with Gasteiger partial charge in [0, 0.05) is 12.1 Å². The van der Waals surface area contributed by atoms with Crippen molar-refractivity contribution in [2.45, 2.75) is 69.5 Å². The molecule has 1 aromatic rings. The van der Waals surface area contributed by atoms with Gasteiger partial charge in [0.25, 0.3) is 0 Å². The van der Waals surface area contributed by atoms with E-state index in [0.29, 0.717) is 5.75 Å². The maximum atomic E-state index is 12.5. The van der Waals surface area contributed by atoms with E-state index in [9.17, 15) is 8.42 Å². The van der Waals surface area contributed by atoms with Gasteiger partial charge in [-0.15, -0.1) is 0 Å². The average molecular weight is 326 g/mol. The van der Waals surface area contributed by atoms with E-state index in [4.69, 9.17) is 10.5 Å². The van der Waals surface area contributed by atoms with E-state index in [0.717, 1.165) is 31.2 Å².